The van der Waals surface area contributed by atoms with Crippen molar-refractivity contribution in [1.29, 1.82) is 0 Å². The first-order valence-corrected chi connectivity index (χ1v) is 8.54. The second-order valence-corrected chi connectivity index (χ2v) is 7.73. The van der Waals surface area contributed by atoms with Gasteiger partial charge in [0.2, 0.25) is 10.0 Å². The lowest BCUT2D eigenvalue weighted by atomic mass is 10.4. The zero-order valence-corrected chi connectivity index (χ0v) is 11.5. The van der Waals surface area contributed by atoms with Crippen LogP contribution in [0.1, 0.15) is 6.42 Å². The molecule has 0 saturated carbocycles. The molecular weight excluding hydrogens is 266 g/mol. The minimum Gasteiger partial charge on any atom is -0.382 e. The SMILES string of the molecule is C#CC(COC)NS(=O)(=O)CCCS(C)(=O)=O. The van der Waals surface area contributed by atoms with E-state index in [-0.39, 0.29) is 24.5 Å². The van der Waals surface area contributed by atoms with Gasteiger partial charge in [-0.1, -0.05) is 5.92 Å². The van der Waals surface area contributed by atoms with E-state index in [1.165, 1.54) is 7.11 Å². The molecule has 1 N–H and O–H groups in total. The van der Waals surface area contributed by atoms with Gasteiger partial charge in [0.1, 0.15) is 15.9 Å². The molecule has 0 radical (unpaired) electrons. The van der Waals surface area contributed by atoms with Crippen molar-refractivity contribution >= 4 is 19.9 Å². The molecule has 0 aliphatic carbocycles. The van der Waals surface area contributed by atoms with Crippen molar-refractivity contribution in [2.45, 2.75) is 12.5 Å². The number of ether oxygens (including phenoxy) is 1. The van der Waals surface area contributed by atoms with Crippen LogP contribution in [0.4, 0.5) is 0 Å². The lowest BCUT2D eigenvalue weighted by molar-refractivity contribution is 0.190. The smallest absolute Gasteiger partial charge is 0.212 e. The Balaban J connectivity index is 4.26. The molecule has 0 saturated heterocycles. The summed E-state index contributed by atoms with van der Waals surface area (Å²) in [6.45, 7) is 0.0712. The highest BCUT2D eigenvalue weighted by Gasteiger charge is 2.16. The van der Waals surface area contributed by atoms with Crippen LogP contribution in [-0.2, 0) is 24.6 Å². The van der Waals surface area contributed by atoms with Gasteiger partial charge >= 0.3 is 0 Å². The summed E-state index contributed by atoms with van der Waals surface area (Å²) in [7, 11) is -5.32. The van der Waals surface area contributed by atoms with Crippen LogP contribution < -0.4 is 4.72 Å². The molecule has 1 atom stereocenters. The molecule has 0 aromatic rings. The number of hydrogen-bond donors (Lipinski definition) is 1. The molecule has 1 unspecified atom stereocenters. The minimum atomic E-state index is -3.57. The Hall–Kier alpha value is -0.620. The Bertz CT molecular complexity index is 460. The summed E-state index contributed by atoms with van der Waals surface area (Å²) in [5, 5.41) is 0. The summed E-state index contributed by atoms with van der Waals surface area (Å²) in [4.78, 5) is 0. The zero-order chi connectivity index (χ0) is 13.5. The van der Waals surface area contributed by atoms with Gasteiger partial charge in [-0.05, 0) is 6.42 Å². The van der Waals surface area contributed by atoms with E-state index in [1.54, 1.807) is 0 Å². The van der Waals surface area contributed by atoms with E-state index >= 15 is 0 Å². The van der Waals surface area contributed by atoms with Crippen molar-refractivity contribution in [3.63, 3.8) is 0 Å². The maximum atomic E-state index is 11.5. The van der Waals surface area contributed by atoms with E-state index in [0.29, 0.717) is 0 Å². The maximum Gasteiger partial charge on any atom is 0.212 e. The summed E-state index contributed by atoms with van der Waals surface area (Å²) in [5.41, 5.74) is 0. The summed E-state index contributed by atoms with van der Waals surface area (Å²) in [6.07, 6.45) is 6.21. The lowest BCUT2D eigenvalue weighted by Gasteiger charge is -2.12. The van der Waals surface area contributed by atoms with E-state index in [1.807, 2.05) is 0 Å². The monoisotopic (exact) mass is 283 g/mol. The number of terminal acetylenes is 1. The predicted molar refractivity (Wildman–Crippen MR) is 65.7 cm³/mol. The summed E-state index contributed by atoms with van der Waals surface area (Å²) >= 11 is 0. The lowest BCUT2D eigenvalue weighted by Crippen LogP contribution is -2.38. The summed E-state index contributed by atoms with van der Waals surface area (Å²) in [6, 6.07) is -0.733. The van der Waals surface area contributed by atoms with E-state index in [2.05, 4.69) is 10.6 Å². The molecule has 0 spiro atoms. The Labute approximate surface area is 103 Å². The standard InChI is InChI=1S/C9H17NO5S2/c1-4-9(8-15-2)10-17(13,14)7-5-6-16(3,11)12/h1,9-10H,5-8H2,2-3H3. The van der Waals surface area contributed by atoms with Crippen LogP contribution in [0.5, 0.6) is 0 Å². The molecule has 0 heterocycles. The number of nitrogens with one attached hydrogen (secondary N) is 1. The van der Waals surface area contributed by atoms with Crippen molar-refractivity contribution in [1.82, 2.24) is 4.72 Å². The average Bonchev–Trinajstić information content (AvgIpc) is 2.14. The average molecular weight is 283 g/mol. The zero-order valence-electron chi connectivity index (χ0n) is 9.84. The van der Waals surface area contributed by atoms with E-state index in [0.717, 1.165) is 6.26 Å². The van der Waals surface area contributed by atoms with Gasteiger partial charge in [-0.15, -0.1) is 6.42 Å². The molecule has 17 heavy (non-hydrogen) atoms. The highest BCUT2D eigenvalue weighted by atomic mass is 32.2. The molecule has 0 fully saturated rings. The Morgan fingerprint density at radius 1 is 1.29 bits per heavy atom. The molecule has 100 valence electrons. The molecule has 6 nitrogen and oxygen atoms in total. The molecule has 0 amide bonds. The van der Waals surface area contributed by atoms with Gasteiger partial charge < -0.3 is 4.74 Å². The number of sulfonamides is 1. The Morgan fingerprint density at radius 3 is 2.29 bits per heavy atom. The van der Waals surface area contributed by atoms with Crippen molar-refractivity contribution < 1.29 is 21.6 Å². The van der Waals surface area contributed by atoms with E-state index in [4.69, 9.17) is 11.2 Å². The normalized spacial score (nSPS) is 14.2. The minimum absolute atomic E-state index is 0.0401. The maximum absolute atomic E-state index is 11.5. The number of sulfone groups is 1. The van der Waals surface area contributed by atoms with Crippen LogP contribution in [0, 0.1) is 12.3 Å². The van der Waals surface area contributed by atoms with Crippen LogP contribution in [0.3, 0.4) is 0 Å². The molecule has 8 heteroatoms. The largest absolute Gasteiger partial charge is 0.382 e. The van der Waals surface area contributed by atoms with Crippen LogP contribution in [0.25, 0.3) is 0 Å². The topological polar surface area (TPSA) is 89.5 Å². The molecule has 0 bridgehead atoms. The molecular formula is C9H17NO5S2. The van der Waals surface area contributed by atoms with Gasteiger partial charge in [-0.2, -0.15) is 4.72 Å². The predicted octanol–water partition coefficient (Wildman–Crippen LogP) is -1.01. The molecule has 0 aromatic carbocycles. The molecule has 0 aliphatic rings. The Morgan fingerprint density at radius 2 is 1.88 bits per heavy atom. The summed E-state index contributed by atoms with van der Waals surface area (Å²) < 4.78 is 51.6. The third-order valence-corrected chi connectivity index (χ3v) is 4.28. The van der Waals surface area contributed by atoms with Crippen molar-refractivity contribution in [2.24, 2.45) is 0 Å². The summed E-state index contributed by atoms with van der Waals surface area (Å²) in [5.74, 6) is 1.79. The van der Waals surface area contributed by atoms with Gasteiger partial charge in [0.25, 0.3) is 0 Å². The van der Waals surface area contributed by atoms with Crippen LogP contribution in [-0.4, -0.2) is 54.4 Å². The van der Waals surface area contributed by atoms with Crippen LogP contribution >= 0.6 is 0 Å². The van der Waals surface area contributed by atoms with Crippen molar-refractivity contribution in [3.05, 3.63) is 0 Å². The van der Waals surface area contributed by atoms with Gasteiger partial charge in [0, 0.05) is 13.4 Å². The van der Waals surface area contributed by atoms with Gasteiger partial charge in [0.15, 0.2) is 0 Å². The van der Waals surface area contributed by atoms with Crippen molar-refractivity contribution in [2.75, 3.05) is 31.5 Å². The van der Waals surface area contributed by atoms with Crippen LogP contribution in [0.15, 0.2) is 0 Å². The fourth-order valence-electron chi connectivity index (χ4n) is 1.07. The molecule has 0 aliphatic heterocycles. The Kier molecular flexibility index (Phi) is 6.70. The first-order valence-electron chi connectivity index (χ1n) is 4.83. The molecule has 0 aromatic heterocycles. The first-order chi connectivity index (χ1) is 7.70. The fourth-order valence-corrected chi connectivity index (χ4v) is 3.13. The van der Waals surface area contributed by atoms with E-state index in [9.17, 15) is 16.8 Å². The second kappa shape index (κ2) is 6.96. The highest BCUT2D eigenvalue weighted by molar-refractivity contribution is 7.91. The first kappa shape index (κ1) is 16.4. The fraction of sp³-hybridized carbons (Fsp3) is 0.778. The van der Waals surface area contributed by atoms with Gasteiger partial charge in [-0.3, -0.25) is 0 Å². The van der Waals surface area contributed by atoms with E-state index < -0.39 is 25.9 Å². The third-order valence-electron chi connectivity index (χ3n) is 1.78. The van der Waals surface area contributed by atoms with Crippen LogP contribution in [0.2, 0.25) is 0 Å². The second-order valence-electron chi connectivity index (χ2n) is 3.59. The van der Waals surface area contributed by atoms with Crippen molar-refractivity contribution in [3.8, 4) is 12.3 Å². The third kappa shape index (κ3) is 9.12. The number of hydrogen-bond acceptors (Lipinski definition) is 5. The molecule has 0 rings (SSSR count). The number of rotatable bonds is 8. The highest BCUT2D eigenvalue weighted by Crippen LogP contribution is 1.96. The van der Waals surface area contributed by atoms with Gasteiger partial charge in [-0.25, -0.2) is 16.8 Å². The quantitative estimate of drug-likeness (QED) is 0.576. The van der Waals surface area contributed by atoms with Gasteiger partial charge in [0.05, 0.1) is 18.1 Å². The number of methoxy groups -OCH3 is 1.